The number of hydrogen-bond acceptors (Lipinski definition) is 2. The molecule has 0 atom stereocenters. The molecule has 0 spiro atoms. The lowest BCUT2D eigenvalue weighted by atomic mass is 10.0. The highest BCUT2D eigenvalue weighted by Crippen LogP contribution is 2.44. The van der Waals surface area contributed by atoms with Crippen LogP contribution in [0.4, 0.5) is 0 Å². The third-order valence-corrected chi connectivity index (χ3v) is 2.63. The topological polar surface area (TPSA) is 38.0 Å². The van der Waals surface area contributed by atoms with Crippen molar-refractivity contribution in [3.63, 3.8) is 0 Å². The first-order valence-corrected chi connectivity index (χ1v) is 4.36. The summed E-state index contributed by atoms with van der Waals surface area (Å²) in [5, 5.41) is 0. The van der Waals surface area contributed by atoms with Crippen LogP contribution in [0.2, 0.25) is 0 Å². The Morgan fingerprint density at radius 3 is 2.31 bits per heavy atom. The SMILES string of the molecule is C#Cc1ccc(C2(NN)CC2)cc1. The van der Waals surface area contributed by atoms with E-state index in [-0.39, 0.29) is 5.54 Å². The van der Waals surface area contributed by atoms with E-state index in [1.165, 1.54) is 5.56 Å². The zero-order valence-corrected chi connectivity index (χ0v) is 7.38. The van der Waals surface area contributed by atoms with Gasteiger partial charge in [0.2, 0.25) is 0 Å². The van der Waals surface area contributed by atoms with Crippen LogP contribution in [0.25, 0.3) is 0 Å². The van der Waals surface area contributed by atoms with Crippen LogP contribution >= 0.6 is 0 Å². The highest BCUT2D eigenvalue weighted by atomic mass is 15.3. The van der Waals surface area contributed by atoms with Gasteiger partial charge in [0.25, 0.3) is 0 Å². The summed E-state index contributed by atoms with van der Waals surface area (Å²) in [5.74, 6) is 8.07. The van der Waals surface area contributed by atoms with Crippen molar-refractivity contribution in [2.45, 2.75) is 18.4 Å². The van der Waals surface area contributed by atoms with E-state index in [0.717, 1.165) is 18.4 Å². The predicted octanol–water partition coefficient (Wildman–Crippen LogP) is 1.12. The quantitative estimate of drug-likeness (QED) is 0.398. The summed E-state index contributed by atoms with van der Waals surface area (Å²) < 4.78 is 0. The van der Waals surface area contributed by atoms with Gasteiger partial charge in [0.15, 0.2) is 0 Å². The number of hydrazine groups is 1. The van der Waals surface area contributed by atoms with Gasteiger partial charge in [0.05, 0.1) is 5.54 Å². The first kappa shape index (κ1) is 8.31. The first-order chi connectivity index (χ1) is 6.30. The molecule has 2 rings (SSSR count). The number of hydrogen-bond donors (Lipinski definition) is 2. The second kappa shape index (κ2) is 2.88. The molecule has 0 bridgehead atoms. The molecule has 66 valence electrons. The van der Waals surface area contributed by atoms with E-state index in [4.69, 9.17) is 12.3 Å². The fourth-order valence-corrected chi connectivity index (χ4v) is 1.53. The van der Waals surface area contributed by atoms with E-state index in [9.17, 15) is 0 Å². The molecular weight excluding hydrogens is 160 g/mol. The maximum atomic E-state index is 5.48. The molecule has 0 heterocycles. The van der Waals surface area contributed by atoms with Gasteiger partial charge in [-0.05, 0) is 30.5 Å². The third kappa shape index (κ3) is 1.33. The summed E-state index contributed by atoms with van der Waals surface area (Å²) in [6, 6.07) is 7.99. The highest BCUT2D eigenvalue weighted by Gasteiger charge is 2.43. The summed E-state index contributed by atoms with van der Waals surface area (Å²) >= 11 is 0. The maximum Gasteiger partial charge on any atom is 0.0571 e. The van der Waals surface area contributed by atoms with Crippen LogP contribution in [-0.4, -0.2) is 0 Å². The predicted molar refractivity (Wildman–Crippen MR) is 52.6 cm³/mol. The minimum atomic E-state index is 0.0348. The average Bonchev–Trinajstić information content (AvgIpc) is 2.99. The van der Waals surface area contributed by atoms with Gasteiger partial charge in [0.1, 0.15) is 0 Å². The zero-order valence-electron chi connectivity index (χ0n) is 7.38. The van der Waals surface area contributed by atoms with Crippen molar-refractivity contribution in [2.75, 3.05) is 0 Å². The summed E-state index contributed by atoms with van der Waals surface area (Å²) in [6.07, 6.45) is 7.49. The Morgan fingerprint density at radius 2 is 1.92 bits per heavy atom. The standard InChI is InChI=1S/C11H12N2/c1-2-9-3-5-10(6-4-9)11(13-12)7-8-11/h1,3-6,13H,7-8,12H2. The van der Waals surface area contributed by atoms with Crippen molar-refractivity contribution in [3.8, 4) is 12.3 Å². The molecule has 3 N–H and O–H groups in total. The van der Waals surface area contributed by atoms with Crippen molar-refractivity contribution in [2.24, 2.45) is 5.84 Å². The summed E-state index contributed by atoms with van der Waals surface area (Å²) in [5.41, 5.74) is 5.03. The van der Waals surface area contributed by atoms with Crippen molar-refractivity contribution < 1.29 is 0 Å². The number of benzene rings is 1. The average molecular weight is 172 g/mol. The van der Waals surface area contributed by atoms with Gasteiger partial charge in [-0.15, -0.1) is 6.42 Å². The van der Waals surface area contributed by atoms with E-state index in [0.29, 0.717) is 0 Å². The molecule has 1 fully saturated rings. The lowest BCUT2D eigenvalue weighted by Gasteiger charge is -2.13. The Morgan fingerprint density at radius 1 is 1.31 bits per heavy atom. The van der Waals surface area contributed by atoms with Crippen LogP contribution in [0.3, 0.4) is 0 Å². The van der Waals surface area contributed by atoms with Gasteiger partial charge in [-0.1, -0.05) is 18.1 Å². The van der Waals surface area contributed by atoms with Gasteiger partial charge in [-0.3, -0.25) is 5.84 Å². The third-order valence-electron chi connectivity index (χ3n) is 2.63. The smallest absolute Gasteiger partial charge is 0.0571 e. The number of nitrogens with two attached hydrogens (primary N) is 1. The number of rotatable bonds is 2. The van der Waals surface area contributed by atoms with E-state index >= 15 is 0 Å². The van der Waals surface area contributed by atoms with Crippen molar-refractivity contribution in [1.82, 2.24) is 5.43 Å². The molecule has 0 unspecified atom stereocenters. The van der Waals surface area contributed by atoms with Crippen LogP contribution in [0.15, 0.2) is 24.3 Å². The molecule has 0 saturated heterocycles. The van der Waals surface area contributed by atoms with Crippen molar-refractivity contribution in [1.29, 1.82) is 0 Å². The Balaban J connectivity index is 2.29. The number of terminal acetylenes is 1. The minimum absolute atomic E-state index is 0.0348. The Bertz CT molecular complexity index is 341. The van der Waals surface area contributed by atoms with Gasteiger partial charge in [0, 0.05) is 5.56 Å². The molecule has 13 heavy (non-hydrogen) atoms. The van der Waals surface area contributed by atoms with E-state index < -0.39 is 0 Å². The molecule has 0 radical (unpaired) electrons. The van der Waals surface area contributed by atoms with Crippen molar-refractivity contribution >= 4 is 0 Å². The summed E-state index contributed by atoms with van der Waals surface area (Å²) in [6.45, 7) is 0. The highest BCUT2D eigenvalue weighted by molar-refractivity contribution is 5.38. The molecule has 1 aromatic rings. The van der Waals surface area contributed by atoms with Gasteiger partial charge in [-0.2, -0.15) is 0 Å². The second-order valence-corrected chi connectivity index (χ2v) is 3.45. The molecule has 2 nitrogen and oxygen atoms in total. The lowest BCUT2D eigenvalue weighted by Crippen LogP contribution is -2.34. The molecule has 0 aliphatic heterocycles. The van der Waals surface area contributed by atoms with Crippen LogP contribution in [0, 0.1) is 12.3 Å². The maximum absolute atomic E-state index is 5.48. The van der Waals surface area contributed by atoms with Crippen LogP contribution in [0.1, 0.15) is 24.0 Å². The summed E-state index contributed by atoms with van der Waals surface area (Å²) in [4.78, 5) is 0. The molecule has 0 aromatic heterocycles. The second-order valence-electron chi connectivity index (χ2n) is 3.45. The minimum Gasteiger partial charge on any atom is -0.271 e. The van der Waals surface area contributed by atoms with Crippen LogP contribution < -0.4 is 11.3 Å². The number of nitrogens with one attached hydrogen (secondary N) is 1. The zero-order chi connectivity index (χ0) is 9.31. The first-order valence-electron chi connectivity index (χ1n) is 4.36. The van der Waals surface area contributed by atoms with Gasteiger partial charge >= 0.3 is 0 Å². The molecular formula is C11H12N2. The molecule has 0 amide bonds. The normalized spacial score (nSPS) is 17.8. The summed E-state index contributed by atoms with van der Waals surface area (Å²) in [7, 11) is 0. The molecule has 1 aromatic carbocycles. The fraction of sp³-hybridized carbons (Fsp3) is 0.273. The molecule has 1 aliphatic rings. The van der Waals surface area contributed by atoms with Crippen molar-refractivity contribution in [3.05, 3.63) is 35.4 Å². The fourth-order valence-electron chi connectivity index (χ4n) is 1.53. The Kier molecular flexibility index (Phi) is 1.84. The Labute approximate surface area is 78.1 Å². The van der Waals surface area contributed by atoms with E-state index in [2.05, 4.69) is 11.3 Å². The molecule has 1 aliphatic carbocycles. The van der Waals surface area contributed by atoms with E-state index in [1.54, 1.807) is 0 Å². The Hall–Kier alpha value is -1.30. The largest absolute Gasteiger partial charge is 0.271 e. The van der Waals surface area contributed by atoms with Gasteiger partial charge < -0.3 is 0 Å². The van der Waals surface area contributed by atoms with Gasteiger partial charge in [-0.25, -0.2) is 5.43 Å². The van der Waals surface area contributed by atoms with Crippen LogP contribution in [-0.2, 0) is 5.54 Å². The molecule has 1 saturated carbocycles. The lowest BCUT2D eigenvalue weighted by molar-refractivity contribution is 0.541. The van der Waals surface area contributed by atoms with Crippen LogP contribution in [0.5, 0.6) is 0 Å². The monoisotopic (exact) mass is 172 g/mol. The van der Waals surface area contributed by atoms with E-state index in [1.807, 2.05) is 24.3 Å². The molecule has 2 heteroatoms.